The topological polar surface area (TPSA) is 139 Å². The van der Waals surface area contributed by atoms with Crippen LogP contribution in [0.2, 0.25) is 0 Å². The van der Waals surface area contributed by atoms with Gasteiger partial charge in [-0.05, 0) is 54.6 Å². The molecule has 2 aliphatic rings. The lowest BCUT2D eigenvalue weighted by Gasteiger charge is -2.08. The van der Waals surface area contributed by atoms with E-state index in [0.29, 0.717) is 0 Å². The number of esters is 6. The molecule has 0 bridgehead atoms. The first-order chi connectivity index (χ1) is 16.3. The molecular weight excluding hydrogens is 448 g/mol. The van der Waals surface area contributed by atoms with Crippen LogP contribution < -0.4 is 9.47 Å². The third-order valence-corrected chi connectivity index (χ3v) is 4.99. The Hall–Kier alpha value is -5.12. The van der Waals surface area contributed by atoms with Crippen LogP contribution in [0.4, 0.5) is 0 Å². The standard InChI is InChI=1S/C24H10O10/c25-19(31-13-4-6-15-17(9-13)23(29)33-21(15)27)11-2-1-3-12(8-11)20(26)32-14-5-7-16-18(10-14)24(30)34-22(16)28/h1-10H. The number of fused-ring (bicyclic) bond motifs is 2. The summed E-state index contributed by atoms with van der Waals surface area (Å²) in [4.78, 5) is 71.5. The summed E-state index contributed by atoms with van der Waals surface area (Å²) in [5.41, 5.74) is 0.117. The van der Waals surface area contributed by atoms with E-state index in [2.05, 4.69) is 9.47 Å². The monoisotopic (exact) mass is 458 g/mol. The van der Waals surface area contributed by atoms with E-state index in [-0.39, 0.29) is 44.9 Å². The molecule has 0 aromatic heterocycles. The molecule has 0 amide bonds. The third-order valence-electron chi connectivity index (χ3n) is 4.99. The molecule has 166 valence electrons. The second-order valence-electron chi connectivity index (χ2n) is 7.13. The van der Waals surface area contributed by atoms with E-state index >= 15 is 0 Å². The Morgan fingerprint density at radius 2 is 0.941 bits per heavy atom. The van der Waals surface area contributed by atoms with Gasteiger partial charge in [0.15, 0.2) is 0 Å². The molecule has 0 fully saturated rings. The second-order valence-corrected chi connectivity index (χ2v) is 7.13. The second kappa shape index (κ2) is 7.78. The molecule has 34 heavy (non-hydrogen) atoms. The van der Waals surface area contributed by atoms with Gasteiger partial charge < -0.3 is 18.9 Å². The summed E-state index contributed by atoms with van der Waals surface area (Å²) in [6, 6.07) is 13.2. The predicted octanol–water partition coefficient (Wildman–Crippen LogP) is 2.75. The number of hydrogen-bond donors (Lipinski definition) is 0. The summed E-state index contributed by atoms with van der Waals surface area (Å²) >= 11 is 0. The van der Waals surface area contributed by atoms with E-state index in [1.807, 2.05) is 0 Å². The van der Waals surface area contributed by atoms with Crippen molar-refractivity contribution in [2.45, 2.75) is 0 Å². The van der Waals surface area contributed by atoms with Crippen LogP contribution in [0.25, 0.3) is 0 Å². The molecule has 0 N–H and O–H groups in total. The Morgan fingerprint density at radius 1 is 0.529 bits per heavy atom. The van der Waals surface area contributed by atoms with Crippen LogP contribution >= 0.6 is 0 Å². The summed E-state index contributed by atoms with van der Waals surface area (Å²) in [5, 5.41) is 0. The van der Waals surface area contributed by atoms with E-state index in [1.165, 1.54) is 60.7 Å². The average molecular weight is 458 g/mol. The molecular formula is C24H10O10. The Balaban J connectivity index is 1.32. The Labute approximate surface area is 189 Å². The number of rotatable bonds is 4. The molecule has 0 radical (unpaired) electrons. The van der Waals surface area contributed by atoms with Gasteiger partial charge in [0.25, 0.3) is 0 Å². The molecule has 2 heterocycles. The molecule has 5 rings (SSSR count). The minimum atomic E-state index is -0.841. The van der Waals surface area contributed by atoms with Gasteiger partial charge >= 0.3 is 35.8 Å². The molecule has 10 nitrogen and oxygen atoms in total. The Morgan fingerprint density at radius 3 is 1.38 bits per heavy atom. The molecule has 3 aromatic carbocycles. The van der Waals surface area contributed by atoms with Crippen molar-refractivity contribution < 1.29 is 47.7 Å². The van der Waals surface area contributed by atoms with Gasteiger partial charge in [-0.3, -0.25) is 0 Å². The van der Waals surface area contributed by atoms with Crippen molar-refractivity contribution in [3.8, 4) is 11.5 Å². The van der Waals surface area contributed by atoms with Gasteiger partial charge in [-0.2, -0.15) is 0 Å². The lowest BCUT2D eigenvalue weighted by molar-refractivity contribution is 0.0425. The fraction of sp³-hybridized carbons (Fsp3) is 0. The molecule has 0 saturated heterocycles. The van der Waals surface area contributed by atoms with Gasteiger partial charge in [-0.15, -0.1) is 0 Å². The molecule has 0 unspecified atom stereocenters. The first-order valence-corrected chi connectivity index (χ1v) is 9.66. The summed E-state index contributed by atoms with van der Waals surface area (Å²) in [7, 11) is 0. The Bertz CT molecular complexity index is 1360. The fourth-order valence-corrected chi connectivity index (χ4v) is 3.36. The summed E-state index contributed by atoms with van der Waals surface area (Å²) in [5.74, 6) is -4.89. The number of carbonyl (C=O) groups is 6. The van der Waals surface area contributed by atoms with Crippen LogP contribution in [0.5, 0.6) is 11.5 Å². The maximum absolute atomic E-state index is 12.5. The van der Waals surface area contributed by atoms with Crippen molar-refractivity contribution in [2.75, 3.05) is 0 Å². The van der Waals surface area contributed by atoms with Crippen LogP contribution in [0, 0.1) is 0 Å². The number of benzene rings is 3. The fourth-order valence-electron chi connectivity index (χ4n) is 3.36. The van der Waals surface area contributed by atoms with Crippen molar-refractivity contribution in [1.29, 1.82) is 0 Å². The van der Waals surface area contributed by atoms with Crippen LogP contribution in [-0.2, 0) is 9.47 Å². The quantitative estimate of drug-likeness (QED) is 0.326. The minimum Gasteiger partial charge on any atom is -0.423 e. The molecule has 10 heteroatoms. The molecule has 0 spiro atoms. The summed E-state index contributed by atoms with van der Waals surface area (Å²) in [6.45, 7) is 0. The van der Waals surface area contributed by atoms with Gasteiger partial charge in [0, 0.05) is 0 Å². The minimum absolute atomic E-state index is 0.00273. The highest BCUT2D eigenvalue weighted by molar-refractivity contribution is 6.15. The van der Waals surface area contributed by atoms with Crippen LogP contribution in [-0.4, -0.2) is 35.8 Å². The number of hydrogen-bond acceptors (Lipinski definition) is 10. The maximum Gasteiger partial charge on any atom is 0.347 e. The molecule has 0 atom stereocenters. The molecule has 3 aromatic rings. The SMILES string of the molecule is O=C(Oc1ccc2c(c1)C(=O)OC2=O)c1cccc(C(=O)Oc2ccc3c(c2)C(=O)OC3=O)c1. The van der Waals surface area contributed by atoms with E-state index in [1.54, 1.807) is 0 Å². The first kappa shape index (κ1) is 20.8. The van der Waals surface area contributed by atoms with Gasteiger partial charge in [-0.1, -0.05) is 6.07 Å². The van der Waals surface area contributed by atoms with Crippen LogP contribution in [0.1, 0.15) is 62.1 Å². The highest BCUT2D eigenvalue weighted by Gasteiger charge is 2.31. The predicted molar refractivity (Wildman–Crippen MR) is 109 cm³/mol. The number of ether oxygens (including phenoxy) is 4. The molecule has 2 aliphatic heterocycles. The van der Waals surface area contributed by atoms with E-state index in [0.717, 1.165) is 0 Å². The maximum atomic E-state index is 12.5. The zero-order chi connectivity index (χ0) is 24.0. The lowest BCUT2D eigenvalue weighted by atomic mass is 10.1. The summed E-state index contributed by atoms with van der Waals surface area (Å²) < 4.78 is 19.5. The van der Waals surface area contributed by atoms with Crippen molar-refractivity contribution >= 4 is 35.8 Å². The zero-order valence-corrected chi connectivity index (χ0v) is 16.9. The lowest BCUT2D eigenvalue weighted by Crippen LogP contribution is -2.13. The van der Waals surface area contributed by atoms with E-state index in [9.17, 15) is 28.8 Å². The summed E-state index contributed by atoms with van der Waals surface area (Å²) in [6.07, 6.45) is 0. The molecule has 0 aliphatic carbocycles. The smallest absolute Gasteiger partial charge is 0.347 e. The van der Waals surface area contributed by atoms with Crippen molar-refractivity contribution in [3.05, 3.63) is 94.0 Å². The third kappa shape index (κ3) is 3.58. The highest BCUT2D eigenvalue weighted by Crippen LogP contribution is 2.27. The van der Waals surface area contributed by atoms with Crippen LogP contribution in [0.3, 0.4) is 0 Å². The Kier molecular flexibility index (Phi) is 4.75. The van der Waals surface area contributed by atoms with E-state index in [4.69, 9.17) is 9.47 Å². The average Bonchev–Trinajstić information content (AvgIpc) is 3.27. The zero-order valence-electron chi connectivity index (χ0n) is 16.9. The van der Waals surface area contributed by atoms with Gasteiger partial charge in [0.2, 0.25) is 0 Å². The number of cyclic esters (lactones) is 4. The van der Waals surface area contributed by atoms with Crippen LogP contribution in [0.15, 0.2) is 60.7 Å². The number of carbonyl (C=O) groups excluding carboxylic acids is 6. The van der Waals surface area contributed by atoms with E-state index < -0.39 is 35.8 Å². The first-order valence-electron chi connectivity index (χ1n) is 9.66. The normalized spacial score (nSPS) is 13.6. The van der Waals surface area contributed by atoms with Crippen molar-refractivity contribution in [3.63, 3.8) is 0 Å². The van der Waals surface area contributed by atoms with Gasteiger partial charge in [-0.25, -0.2) is 28.8 Å². The highest BCUT2D eigenvalue weighted by atomic mass is 16.6. The van der Waals surface area contributed by atoms with Crippen molar-refractivity contribution in [2.24, 2.45) is 0 Å². The van der Waals surface area contributed by atoms with Gasteiger partial charge in [0.1, 0.15) is 11.5 Å². The molecule has 0 saturated carbocycles. The largest absolute Gasteiger partial charge is 0.423 e. The van der Waals surface area contributed by atoms with Gasteiger partial charge in [0.05, 0.1) is 33.4 Å². The van der Waals surface area contributed by atoms with Crippen molar-refractivity contribution in [1.82, 2.24) is 0 Å².